The molecule has 1 aromatic heterocycles. The van der Waals surface area contributed by atoms with Gasteiger partial charge >= 0.3 is 0 Å². The minimum atomic E-state index is -0.414. The van der Waals surface area contributed by atoms with Gasteiger partial charge in [0.2, 0.25) is 0 Å². The van der Waals surface area contributed by atoms with Crippen LogP contribution in [0, 0.1) is 39.0 Å². The predicted molar refractivity (Wildman–Crippen MR) is 89.7 cm³/mol. The van der Waals surface area contributed by atoms with Crippen molar-refractivity contribution in [3.8, 4) is 6.07 Å². The number of carbonyl (C=O) groups is 1. The molecule has 112 valence electrons. The summed E-state index contributed by atoms with van der Waals surface area (Å²) in [4.78, 5) is 16.6. The maximum atomic E-state index is 12.3. The Balaban J connectivity index is 2.28. The number of hydrogen-bond donors (Lipinski definition) is 1. The highest BCUT2D eigenvalue weighted by Gasteiger charge is 2.13. The number of carbonyl (C=O) groups excluding carboxylic acids is 1. The minimum absolute atomic E-state index is 0.0460. The van der Waals surface area contributed by atoms with Gasteiger partial charge < -0.3 is 5.32 Å². The topological polar surface area (TPSA) is 65.8 Å². The van der Waals surface area contributed by atoms with E-state index in [4.69, 9.17) is 0 Å². The van der Waals surface area contributed by atoms with E-state index in [2.05, 4.69) is 10.3 Å². The van der Waals surface area contributed by atoms with E-state index in [0.29, 0.717) is 5.69 Å². The van der Waals surface area contributed by atoms with Crippen molar-refractivity contribution in [3.05, 3.63) is 50.5 Å². The maximum absolute atomic E-state index is 12.3. The predicted octanol–water partition coefficient (Wildman–Crippen LogP) is 3.92. The zero-order chi connectivity index (χ0) is 16.3. The second kappa shape index (κ2) is 6.54. The number of thiazole rings is 1. The highest BCUT2D eigenvalue weighted by molar-refractivity contribution is 7.09. The normalized spacial score (nSPS) is 11.1. The van der Waals surface area contributed by atoms with E-state index >= 15 is 0 Å². The third-order valence-corrected chi connectivity index (χ3v) is 4.00. The van der Waals surface area contributed by atoms with Gasteiger partial charge in [-0.2, -0.15) is 5.26 Å². The summed E-state index contributed by atoms with van der Waals surface area (Å²) < 4.78 is 0. The third kappa shape index (κ3) is 3.60. The van der Waals surface area contributed by atoms with Crippen LogP contribution in [0.3, 0.4) is 0 Å². The first kappa shape index (κ1) is 15.9. The van der Waals surface area contributed by atoms with Gasteiger partial charge in [0.1, 0.15) is 11.6 Å². The van der Waals surface area contributed by atoms with Crippen LogP contribution in [0.5, 0.6) is 0 Å². The molecule has 0 aliphatic carbocycles. The van der Waals surface area contributed by atoms with Gasteiger partial charge in [0.15, 0.2) is 0 Å². The van der Waals surface area contributed by atoms with Crippen LogP contribution >= 0.6 is 11.3 Å². The van der Waals surface area contributed by atoms with Crippen LogP contribution in [0.25, 0.3) is 6.08 Å². The molecule has 0 spiro atoms. The molecule has 1 aromatic carbocycles. The summed E-state index contributed by atoms with van der Waals surface area (Å²) in [5.41, 5.74) is 4.53. The lowest BCUT2D eigenvalue weighted by atomic mass is 10.0. The number of aromatic nitrogens is 1. The summed E-state index contributed by atoms with van der Waals surface area (Å²) in [5, 5.41) is 14.8. The fourth-order valence-corrected chi connectivity index (χ4v) is 2.87. The van der Waals surface area contributed by atoms with Crippen LogP contribution in [-0.4, -0.2) is 10.9 Å². The van der Waals surface area contributed by atoms with Crippen LogP contribution in [0.2, 0.25) is 0 Å². The summed E-state index contributed by atoms with van der Waals surface area (Å²) in [6, 6.07) is 5.95. The Morgan fingerprint density at radius 3 is 2.41 bits per heavy atom. The lowest BCUT2D eigenvalue weighted by Gasteiger charge is -2.12. The lowest BCUT2D eigenvalue weighted by Crippen LogP contribution is -2.15. The van der Waals surface area contributed by atoms with Crippen LogP contribution in [0.1, 0.15) is 27.4 Å². The molecule has 5 heteroatoms. The van der Waals surface area contributed by atoms with Gasteiger partial charge in [-0.3, -0.25) is 4.79 Å². The van der Waals surface area contributed by atoms with Crippen molar-refractivity contribution in [3.63, 3.8) is 0 Å². The molecule has 0 aliphatic rings. The number of nitrogens with zero attached hydrogens (tertiary/aromatic N) is 2. The lowest BCUT2D eigenvalue weighted by molar-refractivity contribution is -0.112. The summed E-state index contributed by atoms with van der Waals surface area (Å²) in [5.74, 6) is -0.414. The van der Waals surface area contributed by atoms with E-state index in [0.717, 1.165) is 27.4 Å². The van der Waals surface area contributed by atoms with E-state index < -0.39 is 5.91 Å². The highest BCUT2D eigenvalue weighted by atomic mass is 32.1. The van der Waals surface area contributed by atoms with Gasteiger partial charge in [-0.05, 0) is 44.9 Å². The standard InChI is InChI=1S/C17H17N3OS/c1-10-5-11(2)16(12(3)6-10)20-17(21)14(8-18)7-15-9-22-13(4)19-15/h5-7,9H,1-4H3,(H,20,21)/b14-7+. The van der Waals surface area contributed by atoms with E-state index in [1.165, 1.54) is 17.4 Å². The first-order chi connectivity index (χ1) is 10.4. The highest BCUT2D eigenvalue weighted by Crippen LogP contribution is 2.22. The second-order valence-corrected chi connectivity index (χ2v) is 6.25. The Morgan fingerprint density at radius 1 is 1.27 bits per heavy atom. The first-order valence-corrected chi connectivity index (χ1v) is 7.72. The van der Waals surface area contributed by atoms with Gasteiger partial charge in [-0.25, -0.2) is 4.98 Å². The van der Waals surface area contributed by atoms with Gasteiger partial charge in [-0.1, -0.05) is 17.7 Å². The van der Waals surface area contributed by atoms with Crippen molar-refractivity contribution >= 4 is 29.0 Å². The molecule has 0 aliphatic heterocycles. The molecular formula is C17H17N3OS. The summed E-state index contributed by atoms with van der Waals surface area (Å²) in [6.45, 7) is 7.77. The smallest absolute Gasteiger partial charge is 0.266 e. The summed E-state index contributed by atoms with van der Waals surface area (Å²) in [6.07, 6.45) is 1.51. The molecule has 1 N–H and O–H groups in total. The van der Waals surface area contributed by atoms with Crippen molar-refractivity contribution in [2.24, 2.45) is 0 Å². The average molecular weight is 311 g/mol. The molecule has 2 rings (SSSR count). The fourth-order valence-electron chi connectivity index (χ4n) is 2.30. The Kier molecular flexibility index (Phi) is 4.74. The van der Waals surface area contributed by atoms with E-state index in [1.807, 2.05) is 51.3 Å². The number of amides is 1. The first-order valence-electron chi connectivity index (χ1n) is 6.84. The number of nitriles is 1. The van der Waals surface area contributed by atoms with E-state index in [9.17, 15) is 10.1 Å². The second-order valence-electron chi connectivity index (χ2n) is 5.19. The molecule has 0 bridgehead atoms. The minimum Gasteiger partial charge on any atom is -0.321 e. The molecule has 1 amide bonds. The SMILES string of the molecule is Cc1cc(C)c(NC(=O)/C(C#N)=C/c2csc(C)n2)c(C)c1. The number of aryl methyl sites for hydroxylation is 4. The Morgan fingerprint density at radius 2 is 1.91 bits per heavy atom. The van der Waals surface area contributed by atoms with Crippen LogP contribution in [-0.2, 0) is 4.79 Å². The number of nitrogens with one attached hydrogen (secondary N) is 1. The van der Waals surface area contributed by atoms with Crippen LogP contribution in [0.4, 0.5) is 5.69 Å². The molecule has 0 saturated carbocycles. The van der Waals surface area contributed by atoms with Crippen LogP contribution < -0.4 is 5.32 Å². The Bertz CT molecular complexity index is 773. The van der Waals surface area contributed by atoms with Crippen molar-refractivity contribution in [1.82, 2.24) is 4.98 Å². The third-order valence-electron chi connectivity index (χ3n) is 3.21. The monoisotopic (exact) mass is 311 g/mol. The number of rotatable bonds is 3. The number of hydrogen-bond acceptors (Lipinski definition) is 4. The molecule has 0 radical (unpaired) electrons. The quantitative estimate of drug-likeness (QED) is 0.690. The molecule has 1 heterocycles. The fraction of sp³-hybridized carbons (Fsp3) is 0.235. The summed E-state index contributed by atoms with van der Waals surface area (Å²) >= 11 is 1.48. The molecule has 0 saturated heterocycles. The van der Waals surface area contributed by atoms with Gasteiger partial charge in [0, 0.05) is 11.1 Å². The molecule has 2 aromatic rings. The van der Waals surface area contributed by atoms with E-state index in [-0.39, 0.29) is 5.57 Å². The zero-order valence-corrected chi connectivity index (χ0v) is 13.8. The molecule has 0 unspecified atom stereocenters. The largest absolute Gasteiger partial charge is 0.321 e. The van der Waals surface area contributed by atoms with E-state index in [1.54, 1.807) is 0 Å². The van der Waals surface area contributed by atoms with Crippen molar-refractivity contribution < 1.29 is 4.79 Å². The molecular weight excluding hydrogens is 294 g/mol. The zero-order valence-electron chi connectivity index (χ0n) is 13.0. The Labute approximate surface area is 134 Å². The van der Waals surface area contributed by atoms with Gasteiger partial charge in [-0.15, -0.1) is 11.3 Å². The van der Waals surface area contributed by atoms with Gasteiger partial charge in [0.05, 0.1) is 10.7 Å². The molecule has 0 fully saturated rings. The van der Waals surface area contributed by atoms with Crippen molar-refractivity contribution in [2.75, 3.05) is 5.32 Å². The van der Waals surface area contributed by atoms with Gasteiger partial charge in [0.25, 0.3) is 5.91 Å². The Hall–Kier alpha value is -2.45. The summed E-state index contributed by atoms with van der Waals surface area (Å²) in [7, 11) is 0. The number of benzene rings is 1. The maximum Gasteiger partial charge on any atom is 0.266 e. The number of anilines is 1. The molecule has 22 heavy (non-hydrogen) atoms. The molecule has 0 atom stereocenters. The van der Waals surface area contributed by atoms with Crippen LogP contribution in [0.15, 0.2) is 23.1 Å². The van der Waals surface area contributed by atoms with Crippen molar-refractivity contribution in [2.45, 2.75) is 27.7 Å². The molecule has 4 nitrogen and oxygen atoms in total. The average Bonchev–Trinajstić information content (AvgIpc) is 2.85. The van der Waals surface area contributed by atoms with Crippen molar-refractivity contribution in [1.29, 1.82) is 5.26 Å².